The van der Waals surface area contributed by atoms with Gasteiger partial charge in [0.25, 0.3) is 5.91 Å². The van der Waals surface area contributed by atoms with Crippen LogP contribution in [-0.4, -0.2) is 35.2 Å². The first-order valence-corrected chi connectivity index (χ1v) is 11.1. The Morgan fingerprint density at radius 1 is 1.29 bits per heavy atom. The number of nitrogens with zero attached hydrogens (tertiary/aromatic N) is 2. The number of methoxy groups -OCH3 is 1. The van der Waals surface area contributed by atoms with E-state index in [9.17, 15) is 9.59 Å². The van der Waals surface area contributed by atoms with Crippen LogP contribution in [0, 0.1) is 6.92 Å². The van der Waals surface area contributed by atoms with Gasteiger partial charge in [-0.05, 0) is 38.1 Å². The van der Waals surface area contributed by atoms with Gasteiger partial charge in [0.1, 0.15) is 5.56 Å². The standard InChI is InChI=1S/C24H25N3O3S/c1-15(14-30-3)26-24(29)23-19-13-22(17-8-6-7-11-25-17)31-21-10-5-4-9-18(21)27(19)16(2)12-20(23)28/h4-12,15,22H,13-14H2,1-3H3,(H,26,29). The van der Waals surface area contributed by atoms with Crippen molar-refractivity contribution in [3.8, 4) is 5.69 Å². The minimum atomic E-state index is -0.373. The molecule has 2 unspecified atom stereocenters. The van der Waals surface area contributed by atoms with E-state index in [0.717, 1.165) is 22.0 Å². The lowest BCUT2D eigenvalue weighted by molar-refractivity contribution is 0.0902. The van der Waals surface area contributed by atoms with Crippen LogP contribution in [0.5, 0.6) is 0 Å². The number of ether oxygens (including phenoxy) is 1. The first kappa shape index (κ1) is 21.3. The Morgan fingerprint density at radius 3 is 2.81 bits per heavy atom. The smallest absolute Gasteiger partial charge is 0.257 e. The minimum Gasteiger partial charge on any atom is -0.383 e. The molecule has 7 heteroatoms. The summed E-state index contributed by atoms with van der Waals surface area (Å²) in [5, 5.41) is 2.88. The van der Waals surface area contributed by atoms with E-state index in [0.29, 0.717) is 18.7 Å². The van der Waals surface area contributed by atoms with E-state index in [2.05, 4.69) is 16.4 Å². The Labute approximate surface area is 185 Å². The van der Waals surface area contributed by atoms with Crippen molar-refractivity contribution in [3.05, 3.63) is 87.6 Å². The summed E-state index contributed by atoms with van der Waals surface area (Å²) in [5.41, 5.74) is 3.32. The molecule has 1 N–H and O–H groups in total. The number of para-hydroxylation sites is 1. The van der Waals surface area contributed by atoms with E-state index < -0.39 is 0 Å². The fourth-order valence-electron chi connectivity index (χ4n) is 4.00. The fraction of sp³-hybridized carbons (Fsp3) is 0.292. The average molecular weight is 436 g/mol. The molecular weight excluding hydrogens is 410 g/mol. The van der Waals surface area contributed by atoms with Crippen LogP contribution in [0.3, 0.4) is 0 Å². The van der Waals surface area contributed by atoms with E-state index in [4.69, 9.17) is 4.74 Å². The maximum Gasteiger partial charge on any atom is 0.257 e. The molecule has 3 heterocycles. The maximum atomic E-state index is 13.2. The van der Waals surface area contributed by atoms with Gasteiger partial charge in [0.05, 0.1) is 23.2 Å². The summed E-state index contributed by atoms with van der Waals surface area (Å²) in [5.74, 6) is -0.373. The predicted octanol–water partition coefficient (Wildman–Crippen LogP) is 3.70. The van der Waals surface area contributed by atoms with Gasteiger partial charge >= 0.3 is 0 Å². The number of pyridine rings is 2. The number of hydrogen-bond acceptors (Lipinski definition) is 5. The monoisotopic (exact) mass is 435 g/mol. The lowest BCUT2D eigenvalue weighted by atomic mass is 10.0. The SMILES string of the molecule is COCC(C)NC(=O)c1c2n(c(C)cc1=O)-c1ccccc1SC(c1ccccn1)C2. The second-order valence-electron chi connectivity index (χ2n) is 7.67. The molecule has 2 atom stereocenters. The van der Waals surface area contributed by atoms with E-state index in [-0.39, 0.29) is 28.2 Å². The third kappa shape index (κ3) is 4.29. The van der Waals surface area contributed by atoms with Crippen LogP contribution >= 0.6 is 11.8 Å². The highest BCUT2D eigenvalue weighted by Gasteiger charge is 2.29. The summed E-state index contributed by atoms with van der Waals surface area (Å²) < 4.78 is 7.18. The van der Waals surface area contributed by atoms with Crippen LogP contribution in [0.2, 0.25) is 0 Å². The van der Waals surface area contributed by atoms with Crippen molar-refractivity contribution in [2.24, 2.45) is 0 Å². The van der Waals surface area contributed by atoms with Crippen LogP contribution in [0.15, 0.2) is 64.4 Å². The number of carbonyl (C=O) groups is 1. The molecule has 0 spiro atoms. The molecule has 3 aromatic rings. The highest BCUT2D eigenvalue weighted by molar-refractivity contribution is 7.99. The second-order valence-corrected chi connectivity index (χ2v) is 8.91. The van der Waals surface area contributed by atoms with Crippen molar-refractivity contribution in [2.45, 2.75) is 36.5 Å². The van der Waals surface area contributed by atoms with Gasteiger partial charge in [-0.1, -0.05) is 18.2 Å². The van der Waals surface area contributed by atoms with E-state index in [1.165, 1.54) is 0 Å². The summed E-state index contributed by atoms with van der Waals surface area (Å²) in [6.45, 7) is 4.13. The predicted molar refractivity (Wildman–Crippen MR) is 122 cm³/mol. The second kappa shape index (κ2) is 9.08. The molecule has 1 amide bonds. The van der Waals surface area contributed by atoms with Crippen molar-refractivity contribution in [1.82, 2.24) is 14.9 Å². The molecule has 0 fully saturated rings. The van der Waals surface area contributed by atoms with Crippen molar-refractivity contribution < 1.29 is 9.53 Å². The van der Waals surface area contributed by atoms with Crippen molar-refractivity contribution in [3.63, 3.8) is 0 Å². The third-order valence-electron chi connectivity index (χ3n) is 5.29. The van der Waals surface area contributed by atoms with Gasteiger partial charge in [-0.15, -0.1) is 11.8 Å². The van der Waals surface area contributed by atoms with E-state index in [1.807, 2.05) is 54.8 Å². The number of rotatable bonds is 5. The summed E-state index contributed by atoms with van der Waals surface area (Å²) in [6.07, 6.45) is 2.28. The van der Waals surface area contributed by atoms with Gasteiger partial charge in [-0.3, -0.25) is 14.6 Å². The van der Waals surface area contributed by atoms with E-state index in [1.54, 1.807) is 31.1 Å². The zero-order chi connectivity index (χ0) is 22.0. The summed E-state index contributed by atoms with van der Waals surface area (Å²) in [4.78, 5) is 31.9. The van der Waals surface area contributed by atoms with Crippen molar-refractivity contribution >= 4 is 17.7 Å². The van der Waals surface area contributed by atoms with Crippen LogP contribution in [0.4, 0.5) is 0 Å². The van der Waals surface area contributed by atoms with Gasteiger partial charge in [0, 0.05) is 48.1 Å². The van der Waals surface area contributed by atoms with Crippen molar-refractivity contribution in [2.75, 3.05) is 13.7 Å². The Kier molecular flexibility index (Phi) is 6.25. The Balaban J connectivity index is 1.91. The van der Waals surface area contributed by atoms with Gasteiger partial charge in [0.15, 0.2) is 5.43 Å². The summed E-state index contributed by atoms with van der Waals surface area (Å²) in [6, 6.07) is 15.2. The van der Waals surface area contributed by atoms with Gasteiger partial charge < -0.3 is 14.6 Å². The summed E-state index contributed by atoms with van der Waals surface area (Å²) in [7, 11) is 1.58. The molecule has 31 heavy (non-hydrogen) atoms. The number of aromatic nitrogens is 2. The van der Waals surface area contributed by atoms with Crippen LogP contribution in [0.1, 0.15) is 39.6 Å². The lowest BCUT2D eigenvalue weighted by Gasteiger charge is -2.21. The highest BCUT2D eigenvalue weighted by Crippen LogP contribution is 2.43. The lowest BCUT2D eigenvalue weighted by Crippen LogP contribution is -2.39. The topological polar surface area (TPSA) is 73.2 Å². The third-order valence-corrected chi connectivity index (χ3v) is 6.58. The van der Waals surface area contributed by atoms with Gasteiger partial charge in [0.2, 0.25) is 0 Å². The molecule has 0 aliphatic carbocycles. The normalized spacial score (nSPS) is 16.0. The number of fused-ring (bicyclic) bond motifs is 3. The molecule has 2 aromatic heterocycles. The molecule has 160 valence electrons. The maximum absolute atomic E-state index is 13.2. The zero-order valence-corrected chi connectivity index (χ0v) is 18.6. The van der Waals surface area contributed by atoms with E-state index >= 15 is 0 Å². The molecule has 0 radical (unpaired) electrons. The summed E-state index contributed by atoms with van der Waals surface area (Å²) >= 11 is 1.71. The molecule has 0 bridgehead atoms. The number of amides is 1. The highest BCUT2D eigenvalue weighted by atomic mass is 32.2. The first-order valence-electron chi connectivity index (χ1n) is 10.2. The largest absolute Gasteiger partial charge is 0.383 e. The number of nitrogens with one attached hydrogen (secondary N) is 1. The molecule has 0 saturated heterocycles. The Morgan fingerprint density at radius 2 is 2.06 bits per heavy atom. The molecule has 4 rings (SSSR count). The Hall–Kier alpha value is -2.90. The number of carbonyl (C=O) groups excluding carboxylic acids is 1. The Bertz CT molecular complexity index is 1160. The molecule has 6 nitrogen and oxygen atoms in total. The van der Waals surface area contributed by atoms with Crippen molar-refractivity contribution in [1.29, 1.82) is 0 Å². The molecular formula is C24H25N3O3S. The number of aryl methyl sites for hydroxylation is 1. The van der Waals surface area contributed by atoms with Gasteiger partial charge in [-0.25, -0.2) is 0 Å². The van der Waals surface area contributed by atoms with Crippen LogP contribution in [-0.2, 0) is 11.2 Å². The number of thioether (sulfide) groups is 1. The number of benzene rings is 1. The molecule has 1 aliphatic rings. The molecule has 0 saturated carbocycles. The first-order chi connectivity index (χ1) is 15.0. The van der Waals surface area contributed by atoms with Crippen LogP contribution < -0.4 is 10.7 Å². The average Bonchev–Trinajstić information content (AvgIpc) is 2.91. The fourth-order valence-corrected chi connectivity index (χ4v) is 5.24. The number of hydrogen-bond donors (Lipinski definition) is 1. The quantitative estimate of drug-likeness (QED) is 0.662. The van der Waals surface area contributed by atoms with Gasteiger partial charge in [-0.2, -0.15) is 0 Å². The van der Waals surface area contributed by atoms with Crippen LogP contribution in [0.25, 0.3) is 5.69 Å². The molecule has 1 aliphatic heterocycles. The molecule has 1 aromatic carbocycles. The minimum absolute atomic E-state index is 0.0275. The zero-order valence-electron chi connectivity index (χ0n) is 17.8.